The van der Waals surface area contributed by atoms with Crippen molar-refractivity contribution >= 4 is 35.2 Å². The van der Waals surface area contributed by atoms with Crippen molar-refractivity contribution in [2.75, 3.05) is 5.43 Å². The van der Waals surface area contributed by atoms with Crippen LogP contribution >= 0.6 is 23.2 Å². The number of hydrogen-bond donors (Lipinski definition) is 1. The van der Waals surface area contributed by atoms with Crippen molar-refractivity contribution in [2.45, 2.75) is 19.5 Å². The molecule has 0 atom stereocenters. The Hall–Kier alpha value is -3.42. The van der Waals surface area contributed by atoms with E-state index in [9.17, 15) is 13.2 Å². The summed E-state index contributed by atoms with van der Waals surface area (Å²) in [5.74, 6) is 0.490. The summed E-state index contributed by atoms with van der Waals surface area (Å²) in [4.78, 5) is 8.09. The number of hydrogen-bond acceptors (Lipinski definition) is 4. The Morgan fingerprint density at radius 2 is 1.69 bits per heavy atom. The lowest BCUT2D eigenvalue weighted by Crippen LogP contribution is -2.09. The van der Waals surface area contributed by atoms with E-state index in [1.807, 2.05) is 42.5 Å². The molecule has 0 unspecified atom stereocenters. The van der Waals surface area contributed by atoms with Gasteiger partial charge in [0.15, 0.2) is 0 Å². The molecule has 4 rings (SSSR count). The van der Waals surface area contributed by atoms with E-state index in [-0.39, 0.29) is 0 Å². The van der Waals surface area contributed by atoms with Crippen molar-refractivity contribution in [1.82, 2.24) is 9.97 Å². The molecule has 0 saturated carbocycles. The maximum atomic E-state index is 12.8. The van der Waals surface area contributed by atoms with E-state index in [0.29, 0.717) is 33.5 Å². The van der Waals surface area contributed by atoms with Gasteiger partial charge in [0.2, 0.25) is 0 Å². The number of alkyl halides is 3. The molecule has 0 aliphatic carbocycles. The van der Waals surface area contributed by atoms with Crippen LogP contribution in [0.15, 0.2) is 78.0 Å². The molecule has 0 amide bonds. The van der Waals surface area contributed by atoms with Gasteiger partial charge in [-0.25, -0.2) is 9.97 Å². The number of pyridine rings is 2. The highest BCUT2D eigenvalue weighted by Gasteiger charge is 2.32. The van der Waals surface area contributed by atoms with Crippen molar-refractivity contribution < 1.29 is 13.2 Å². The summed E-state index contributed by atoms with van der Waals surface area (Å²) in [6.07, 6.45) is -0.885. The highest BCUT2D eigenvalue weighted by Crippen LogP contribution is 2.37. The molecule has 1 N–H and O–H groups in total. The zero-order valence-corrected chi connectivity index (χ0v) is 20.0. The molecule has 2 aromatic heterocycles. The van der Waals surface area contributed by atoms with Crippen molar-refractivity contribution in [3.63, 3.8) is 0 Å². The minimum atomic E-state index is -4.47. The molecule has 4 aromatic rings. The summed E-state index contributed by atoms with van der Waals surface area (Å²) in [5, 5.41) is 5.41. The van der Waals surface area contributed by atoms with Gasteiger partial charge in [0, 0.05) is 45.7 Å². The minimum absolute atomic E-state index is 0.304. The molecule has 178 valence electrons. The summed E-state index contributed by atoms with van der Waals surface area (Å²) in [6, 6.07) is 19.2. The fourth-order valence-corrected chi connectivity index (χ4v) is 3.86. The lowest BCUT2D eigenvalue weighted by atomic mass is 9.96. The van der Waals surface area contributed by atoms with Crippen LogP contribution in [0.25, 0.3) is 22.3 Å². The Morgan fingerprint density at radius 1 is 0.943 bits per heavy atom. The molecule has 0 spiro atoms. The number of hydrazone groups is 1. The molecule has 2 heterocycles. The van der Waals surface area contributed by atoms with Crippen molar-refractivity contribution in [2.24, 2.45) is 5.10 Å². The molecule has 35 heavy (non-hydrogen) atoms. The molecule has 9 heteroatoms. The van der Waals surface area contributed by atoms with E-state index >= 15 is 0 Å². The first kappa shape index (κ1) is 24.7. The van der Waals surface area contributed by atoms with Gasteiger partial charge in [0.25, 0.3) is 0 Å². The molecule has 0 fully saturated rings. The highest BCUT2D eigenvalue weighted by atomic mass is 35.5. The van der Waals surface area contributed by atoms with Crippen LogP contribution < -0.4 is 5.43 Å². The monoisotopic (exact) mass is 514 g/mol. The third kappa shape index (κ3) is 5.99. The average molecular weight is 515 g/mol. The summed E-state index contributed by atoms with van der Waals surface area (Å²) in [5.41, 5.74) is 6.41. The first-order valence-corrected chi connectivity index (χ1v) is 11.3. The number of nitrogens with zero attached hydrogens (tertiary/aromatic N) is 3. The van der Waals surface area contributed by atoms with Crippen molar-refractivity contribution in [3.8, 4) is 22.3 Å². The van der Waals surface area contributed by atoms with Crippen molar-refractivity contribution in [3.05, 3.63) is 99.9 Å². The zero-order valence-electron chi connectivity index (χ0n) is 18.4. The van der Waals surface area contributed by atoms with Gasteiger partial charge in [-0.3, -0.25) is 5.43 Å². The maximum absolute atomic E-state index is 12.8. The van der Waals surface area contributed by atoms with E-state index in [0.717, 1.165) is 28.3 Å². The molecule has 2 aromatic carbocycles. The van der Waals surface area contributed by atoms with Crippen LogP contribution in [0.1, 0.15) is 17.0 Å². The Kier molecular flexibility index (Phi) is 7.38. The van der Waals surface area contributed by atoms with Gasteiger partial charge in [-0.1, -0.05) is 59.6 Å². The number of nitrogens with one attached hydrogen (secondary N) is 1. The molecular weight excluding hydrogens is 496 g/mol. The second-order valence-corrected chi connectivity index (χ2v) is 8.51. The van der Waals surface area contributed by atoms with E-state index in [1.165, 1.54) is 6.07 Å². The first-order valence-electron chi connectivity index (χ1n) is 10.5. The van der Waals surface area contributed by atoms with Crippen LogP contribution in [0.3, 0.4) is 0 Å². The van der Waals surface area contributed by atoms with Crippen LogP contribution in [-0.4, -0.2) is 16.2 Å². The lowest BCUT2D eigenvalue weighted by molar-refractivity contribution is -0.141. The van der Waals surface area contributed by atoms with Crippen LogP contribution in [0, 0.1) is 6.92 Å². The maximum Gasteiger partial charge on any atom is 0.433 e. The van der Waals surface area contributed by atoms with Crippen LogP contribution in [-0.2, 0) is 12.6 Å². The van der Waals surface area contributed by atoms with Crippen molar-refractivity contribution in [1.29, 1.82) is 0 Å². The normalized spacial score (nSPS) is 11.7. The van der Waals surface area contributed by atoms with Gasteiger partial charge in [-0.2, -0.15) is 18.3 Å². The fourth-order valence-electron chi connectivity index (χ4n) is 3.50. The van der Waals surface area contributed by atoms with Gasteiger partial charge in [0.1, 0.15) is 11.5 Å². The molecular formula is C26H19Cl2F3N4. The van der Waals surface area contributed by atoms with E-state index in [1.54, 1.807) is 31.5 Å². The predicted octanol–water partition coefficient (Wildman–Crippen LogP) is 8.09. The number of halogens is 5. The third-order valence-electron chi connectivity index (χ3n) is 5.29. The minimum Gasteiger partial charge on any atom is -0.262 e. The van der Waals surface area contributed by atoms with E-state index in [2.05, 4.69) is 20.5 Å². The van der Waals surface area contributed by atoms with Gasteiger partial charge < -0.3 is 0 Å². The van der Waals surface area contributed by atoms with Gasteiger partial charge in [-0.15, -0.1) is 0 Å². The standard InChI is InChI=1S/C26H19Cl2F3N4/c1-16-17(8-11-24(34-16)26(29,30)31)12-13-33-35-25-14-21(18-6-9-19(27)10-7-18)22(15-32-25)20-4-2-3-5-23(20)28/h2-11,13-15H,12H2,1H3,(H,32,35)/b33-13+. The number of anilines is 1. The average Bonchev–Trinajstić information content (AvgIpc) is 2.83. The number of aromatic nitrogens is 2. The predicted molar refractivity (Wildman–Crippen MR) is 135 cm³/mol. The molecule has 0 aliphatic rings. The number of rotatable bonds is 6. The molecule has 0 aliphatic heterocycles. The summed E-state index contributed by atoms with van der Waals surface area (Å²) >= 11 is 12.5. The van der Waals surface area contributed by atoms with E-state index < -0.39 is 11.9 Å². The van der Waals surface area contributed by atoms with Crippen LogP contribution in [0.4, 0.5) is 19.0 Å². The van der Waals surface area contributed by atoms with Gasteiger partial charge in [0.05, 0.1) is 0 Å². The topological polar surface area (TPSA) is 50.2 Å². The first-order chi connectivity index (χ1) is 16.7. The molecule has 0 bridgehead atoms. The third-order valence-corrected chi connectivity index (χ3v) is 5.87. The molecule has 0 radical (unpaired) electrons. The summed E-state index contributed by atoms with van der Waals surface area (Å²) in [6.45, 7) is 1.54. The van der Waals surface area contributed by atoms with Gasteiger partial charge >= 0.3 is 6.18 Å². The smallest absolute Gasteiger partial charge is 0.262 e. The van der Waals surface area contributed by atoms with Crippen LogP contribution in [0.5, 0.6) is 0 Å². The van der Waals surface area contributed by atoms with Crippen LogP contribution in [0.2, 0.25) is 10.0 Å². The van der Waals surface area contributed by atoms with Gasteiger partial charge in [-0.05, 0) is 53.9 Å². The zero-order chi connectivity index (χ0) is 25.0. The SMILES string of the molecule is Cc1nc(C(F)(F)F)ccc1C/C=N/Nc1cc(-c2ccc(Cl)cc2)c(-c2ccccc2Cl)cn1. The summed E-state index contributed by atoms with van der Waals surface area (Å²) in [7, 11) is 0. The fraction of sp³-hybridized carbons (Fsp3) is 0.115. The Labute approximate surface area is 210 Å². The lowest BCUT2D eigenvalue weighted by Gasteiger charge is -2.13. The largest absolute Gasteiger partial charge is 0.433 e. The number of aryl methyl sites for hydroxylation is 1. The Bertz CT molecular complexity index is 1370. The quantitative estimate of drug-likeness (QED) is 0.209. The highest BCUT2D eigenvalue weighted by molar-refractivity contribution is 6.33. The second kappa shape index (κ2) is 10.5. The molecule has 4 nitrogen and oxygen atoms in total. The summed E-state index contributed by atoms with van der Waals surface area (Å²) < 4.78 is 38.4. The Balaban J connectivity index is 1.57. The molecule has 0 saturated heterocycles. The van der Waals surface area contributed by atoms with E-state index in [4.69, 9.17) is 23.2 Å². The number of benzene rings is 2. The second-order valence-electron chi connectivity index (χ2n) is 7.67. The Morgan fingerprint density at radius 3 is 2.37 bits per heavy atom.